The fourth-order valence-corrected chi connectivity index (χ4v) is 2.54. The van der Waals surface area contributed by atoms with Crippen LogP contribution in [0.3, 0.4) is 0 Å². The van der Waals surface area contributed by atoms with Crippen molar-refractivity contribution in [3.8, 4) is 0 Å². The second-order valence-corrected chi connectivity index (χ2v) is 5.37. The Hall–Kier alpha value is -0.740. The fourth-order valence-electron chi connectivity index (χ4n) is 1.12. The van der Waals surface area contributed by atoms with Crippen molar-refractivity contribution in [2.24, 2.45) is 0 Å². The minimum atomic E-state index is -3.25. The molecule has 3 nitrogen and oxygen atoms in total. The standard InChI is InChI=1S/C10H14ClNO2S/c11-8-5-9-15(13,14)12-10-6-3-1-2-4-7-10/h1,3-4,6-7,12H,2,5,8-9H2. The maximum absolute atomic E-state index is 11.5. The summed E-state index contributed by atoms with van der Waals surface area (Å²) in [6.07, 6.45) is 10.5. The van der Waals surface area contributed by atoms with Gasteiger partial charge < -0.3 is 0 Å². The van der Waals surface area contributed by atoms with Crippen molar-refractivity contribution in [2.45, 2.75) is 12.8 Å². The summed E-state index contributed by atoms with van der Waals surface area (Å²) in [5.74, 6) is 0.418. The fraction of sp³-hybridized carbons (Fsp3) is 0.400. The second-order valence-electron chi connectivity index (χ2n) is 3.15. The predicted octanol–water partition coefficient (Wildman–Crippen LogP) is 1.93. The maximum atomic E-state index is 11.5. The number of hydrogen-bond acceptors (Lipinski definition) is 2. The molecule has 0 saturated carbocycles. The smallest absolute Gasteiger partial charge is 0.232 e. The monoisotopic (exact) mass is 247 g/mol. The van der Waals surface area contributed by atoms with Crippen molar-refractivity contribution >= 4 is 21.6 Å². The molecule has 0 aromatic carbocycles. The van der Waals surface area contributed by atoms with E-state index in [0.29, 0.717) is 18.0 Å². The summed E-state index contributed by atoms with van der Waals surface area (Å²) in [4.78, 5) is 0. The molecule has 15 heavy (non-hydrogen) atoms. The zero-order valence-electron chi connectivity index (χ0n) is 8.32. The molecular formula is C10H14ClNO2S. The van der Waals surface area contributed by atoms with Gasteiger partial charge in [-0.15, -0.1) is 11.6 Å². The molecule has 1 aliphatic rings. The Morgan fingerprint density at radius 3 is 2.93 bits per heavy atom. The summed E-state index contributed by atoms with van der Waals surface area (Å²) in [5.41, 5.74) is 0.596. The summed E-state index contributed by atoms with van der Waals surface area (Å²) in [6.45, 7) is 0. The second kappa shape index (κ2) is 5.98. The molecule has 0 fully saturated rings. The highest BCUT2D eigenvalue weighted by atomic mass is 35.5. The Labute approximate surface area is 95.6 Å². The Morgan fingerprint density at radius 2 is 2.20 bits per heavy atom. The summed E-state index contributed by atoms with van der Waals surface area (Å²) in [7, 11) is -3.25. The SMILES string of the molecule is O=S(=O)(CCCCl)NC1=CC=CCC=C1. The van der Waals surface area contributed by atoms with Gasteiger partial charge in [-0.2, -0.15) is 0 Å². The molecule has 0 bridgehead atoms. The van der Waals surface area contributed by atoms with Crippen LogP contribution in [0, 0.1) is 0 Å². The Morgan fingerprint density at radius 1 is 1.40 bits per heavy atom. The van der Waals surface area contributed by atoms with E-state index in [-0.39, 0.29) is 5.75 Å². The van der Waals surface area contributed by atoms with Gasteiger partial charge in [-0.1, -0.05) is 18.2 Å². The molecule has 1 rings (SSSR count). The van der Waals surface area contributed by atoms with Crippen LogP contribution in [0.1, 0.15) is 12.8 Å². The molecule has 0 aromatic heterocycles. The number of nitrogens with one attached hydrogen (secondary N) is 1. The van der Waals surface area contributed by atoms with E-state index in [1.54, 1.807) is 12.2 Å². The van der Waals surface area contributed by atoms with Crippen LogP contribution in [-0.2, 0) is 10.0 Å². The van der Waals surface area contributed by atoms with Gasteiger partial charge in [0, 0.05) is 11.6 Å². The van der Waals surface area contributed by atoms with Gasteiger partial charge in [0.2, 0.25) is 10.0 Å². The molecule has 0 aliphatic heterocycles. The predicted molar refractivity (Wildman–Crippen MR) is 63.2 cm³/mol. The van der Waals surface area contributed by atoms with Gasteiger partial charge in [-0.05, 0) is 25.0 Å². The van der Waals surface area contributed by atoms with Gasteiger partial charge in [0.25, 0.3) is 0 Å². The van der Waals surface area contributed by atoms with Crippen LogP contribution in [0.15, 0.2) is 36.1 Å². The number of halogens is 1. The summed E-state index contributed by atoms with van der Waals surface area (Å²) in [5, 5.41) is 0. The lowest BCUT2D eigenvalue weighted by molar-refractivity contribution is 0.588. The molecule has 0 spiro atoms. The lowest BCUT2D eigenvalue weighted by Gasteiger charge is -2.06. The van der Waals surface area contributed by atoms with Gasteiger partial charge in [0.1, 0.15) is 0 Å². The van der Waals surface area contributed by atoms with Gasteiger partial charge in [0.15, 0.2) is 0 Å². The zero-order valence-corrected chi connectivity index (χ0v) is 9.89. The highest BCUT2D eigenvalue weighted by molar-refractivity contribution is 7.89. The van der Waals surface area contributed by atoms with E-state index < -0.39 is 10.0 Å². The molecule has 0 unspecified atom stereocenters. The van der Waals surface area contributed by atoms with Gasteiger partial charge in [-0.3, -0.25) is 4.72 Å². The lowest BCUT2D eigenvalue weighted by Crippen LogP contribution is -2.25. The molecule has 1 N–H and O–H groups in total. The summed E-state index contributed by atoms with van der Waals surface area (Å²) >= 11 is 5.44. The van der Waals surface area contributed by atoms with Crippen molar-refractivity contribution in [2.75, 3.05) is 11.6 Å². The molecule has 0 atom stereocenters. The largest absolute Gasteiger partial charge is 0.284 e. The lowest BCUT2D eigenvalue weighted by atomic mass is 10.4. The first-order valence-electron chi connectivity index (χ1n) is 4.74. The minimum Gasteiger partial charge on any atom is -0.284 e. The van der Waals surface area contributed by atoms with E-state index >= 15 is 0 Å². The van der Waals surface area contributed by atoms with Crippen molar-refractivity contribution < 1.29 is 8.42 Å². The molecule has 0 aromatic rings. The number of alkyl halides is 1. The minimum absolute atomic E-state index is 0.0609. The Bertz CT molecular complexity index is 382. The molecule has 0 saturated heterocycles. The third kappa shape index (κ3) is 5.04. The molecule has 5 heteroatoms. The third-order valence-corrected chi connectivity index (χ3v) is 3.44. The molecule has 0 heterocycles. The van der Waals surface area contributed by atoms with E-state index in [0.717, 1.165) is 6.42 Å². The van der Waals surface area contributed by atoms with Crippen molar-refractivity contribution in [3.05, 3.63) is 36.1 Å². The normalized spacial score (nSPS) is 15.9. The first-order chi connectivity index (χ1) is 7.14. The number of allylic oxidation sites excluding steroid dienone is 5. The van der Waals surface area contributed by atoms with Crippen molar-refractivity contribution in [3.63, 3.8) is 0 Å². The van der Waals surface area contributed by atoms with E-state index in [4.69, 9.17) is 11.6 Å². The highest BCUT2D eigenvalue weighted by Gasteiger charge is 2.09. The molecule has 1 aliphatic carbocycles. The van der Waals surface area contributed by atoms with Crippen LogP contribution in [0.2, 0.25) is 0 Å². The van der Waals surface area contributed by atoms with E-state index in [1.165, 1.54) is 0 Å². The topological polar surface area (TPSA) is 46.2 Å². The van der Waals surface area contributed by atoms with Crippen molar-refractivity contribution in [1.82, 2.24) is 4.72 Å². The maximum Gasteiger partial charge on any atom is 0.232 e. The third-order valence-electron chi connectivity index (χ3n) is 1.80. The van der Waals surface area contributed by atoms with Crippen LogP contribution < -0.4 is 4.72 Å². The van der Waals surface area contributed by atoms with Crippen LogP contribution in [0.25, 0.3) is 0 Å². The summed E-state index contributed by atoms with van der Waals surface area (Å²) in [6, 6.07) is 0. The van der Waals surface area contributed by atoms with E-state index in [2.05, 4.69) is 4.72 Å². The molecule has 0 radical (unpaired) electrons. The van der Waals surface area contributed by atoms with Crippen LogP contribution in [-0.4, -0.2) is 20.1 Å². The van der Waals surface area contributed by atoms with Crippen LogP contribution in [0.5, 0.6) is 0 Å². The van der Waals surface area contributed by atoms with Crippen molar-refractivity contribution in [1.29, 1.82) is 0 Å². The first-order valence-corrected chi connectivity index (χ1v) is 6.92. The number of hydrogen-bond donors (Lipinski definition) is 1. The van der Waals surface area contributed by atoms with E-state index in [9.17, 15) is 8.42 Å². The average molecular weight is 248 g/mol. The Balaban J connectivity index is 2.60. The molecular weight excluding hydrogens is 234 g/mol. The highest BCUT2D eigenvalue weighted by Crippen LogP contribution is 2.04. The number of sulfonamides is 1. The van der Waals surface area contributed by atoms with E-state index in [1.807, 2.05) is 18.2 Å². The van der Waals surface area contributed by atoms with Crippen LogP contribution >= 0.6 is 11.6 Å². The summed E-state index contributed by atoms with van der Waals surface area (Å²) < 4.78 is 25.5. The van der Waals surface area contributed by atoms with Crippen LogP contribution in [0.4, 0.5) is 0 Å². The molecule has 84 valence electrons. The van der Waals surface area contributed by atoms with Gasteiger partial charge in [-0.25, -0.2) is 8.42 Å². The average Bonchev–Trinajstić information content (AvgIpc) is 2.43. The quantitative estimate of drug-likeness (QED) is 0.755. The Kier molecular flexibility index (Phi) is 4.91. The molecule has 0 amide bonds. The van der Waals surface area contributed by atoms with Gasteiger partial charge in [0.05, 0.1) is 5.75 Å². The number of rotatable bonds is 5. The van der Waals surface area contributed by atoms with Gasteiger partial charge >= 0.3 is 0 Å². The first kappa shape index (κ1) is 12.3. The zero-order chi connectivity index (χ0) is 11.1.